The Kier molecular flexibility index (Phi) is 3.13. The van der Waals surface area contributed by atoms with Crippen molar-refractivity contribution in [1.29, 1.82) is 5.26 Å². The van der Waals surface area contributed by atoms with E-state index in [2.05, 4.69) is 26.1 Å². The number of H-pyrrole nitrogens is 1. The fourth-order valence-corrected chi connectivity index (χ4v) is 3.51. The fraction of sp³-hybridized carbons (Fsp3) is 0.375. The van der Waals surface area contributed by atoms with Gasteiger partial charge in [-0.05, 0) is 24.8 Å². The SMILES string of the molecule is N#CCC1(n2cc(-c3ncnc4[nH]ccc34)cn2)CC(CO)C1. The first-order valence-corrected chi connectivity index (χ1v) is 7.57. The van der Waals surface area contributed by atoms with Crippen molar-refractivity contribution < 1.29 is 5.11 Å². The van der Waals surface area contributed by atoms with E-state index >= 15 is 0 Å². The molecule has 7 heteroatoms. The van der Waals surface area contributed by atoms with Gasteiger partial charge in [0.1, 0.15) is 12.0 Å². The Morgan fingerprint density at radius 1 is 1.43 bits per heavy atom. The monoisotopic (exact) mass is 308 g/mol. The topological polar surface area (TPSA) is 103 Å². The summed E-state index contributed by atoms with van der Waals surface area (Å²) in [6, 6.07) is 4.20. The molecule has 0 aliphatic heterocycles. The van der Waals surface area contributed by atoms with E-state index in [1.54, 1.807) is 6.20 Å². The zero-order valence-electron chi connectivity index (χ0n) is 12.5. The largest absolute Gasteiger partial charge is 0.396 e. The average molecular weight is 308 g/mol. The van der Waals surface area contributed by atoms with Crippen molar-refractivity contribution in [2.45, 2.75) is 24.8 Å². The number of hydrogen-bond acceptors (Lipinski definition) is 5. The average Bonchev–Trinajstić information content (AvgIpc) is 3.18. The minimum atomic E-state index is -0.301. The minimum Gasteiger partial charge on any atom is -0.396 e. The van der Waals surface area contributed by atoms with Crippen LogP contribution in [0.1, 0.15) is 19.3 Å². The number of nitriles is 1. The van der Waals surface area contributed by atoms with E-state index in [0.717, 1.165) is 35.1 Å². The lowest BCUT2D eigenvalue weighted by molar-refractivity contribution is 0.0203. The smallest absolute Gasteiger partial charge is 0.141 e. The van der Waals surface area contributed by atoms with Gasteiger partial charge in [-0.15, -0.1) is 0 Å². The molecule has 3 aromatic rings. The molecule has 0 aromatic carbocycles. The van der Waals surface area contributed by atoms with E-state index in [9.17, 15) is 5.11 Å². The summed E-state index contributed by atoms with van der Waals surface area (Å²) in [7, 11) is 0. The van der Waals surface area contributed by atoms with Crippen LogP contribution in [0.3, 0.4) is 0 Å². The number of aromatic amines is 1. The summed E-state index contributed by atoms with van der Waals surface area (Å²) < 4.78 is 1.87. The second kappa shape index (κ2) is 5.18. The van der Waals surface area contributed by atoms with Crippen LogP contribution in [0.5, 0.6) is 0 Å². The third kappa shape index (κ3) is 2.11. The first-order valence-electron chi connectivity index (χ1n) is 7.57. The van der Waals surface area contributed by atoms with Crippen molar-refractivity contribution in [2.75, 3.05) is 6.61 Å². The van der Waals surface area contributed by atoms with Gasteiger partial charge in [-0.1, -0.05) is 0 Å². The van der Waals surface area contributed by atoms with Gasteiger partial charge in [-0.3, -0.25) is 4.68 Å². The van der Waals surface area contributed by atoms with Gasteiger partial charge in [0.15, 0.2) is 0 Å². The van der Waals surface area contributed by atoms with Crippen molar-refractivity contribution in [3.8, 4) is 17.3 Å². The van der Waals surface area contributed by atoms with Gasteiger partial charge in [0.2, 0.25) is 0 Å². The molecule has 3 aromatic heterocycles. The number of aliphatic hydroxyl groups is 1. The lowest BCUT2D eigenvalue weighted by Gasteiger charge is -2.46. The van der Waals surface area contributed by atoms with Crippen LogP contribution < -0.4 is 0 Å². The van der Waals surface area contributed by atoms with E-state index in [1.807, 2.05) is 23.1 Å². The second-order valence-corrected chi connectivity index (χ2v) is 6.15. The first-order chi connectivity index (χ1) is 11.3. The summed E-state index contributed by atoms with van der Waals surface area (Å²) in [5, 5.41) is 23.9. The number of aromatic nitrogens is 5. The first kappa shape index (κ1) is 13.9. The lowest BCUT2D eigenvalue weighted by atomic mass is 9.67. The highest BCUT2D eigenvalue weighted by Crippen LogP contribution is 2.46. The highest BCUT2D eigenvalue weighted by Gasteiger charge is 2.46. The molecule has 1 saturated carbocycles. The van der Waals surface area contributed by atoms with Gasteiger partial charge in [0, 0.05) is 30.0 Å². The second-order valence-electron chi connectivity index (χ2n) is 6.15. The van der Waals surface area contributed by atoms with Crippen LogP contribution in [0.15, 0.2) is 31.0 Å². The molecule has 0 unspecified atom stereocenters. The Bertz CT molecular complexity index is 883. The highest BCUT2D eigenvalue weighted by atomic mass is 16.3. The number of nitrogens with one attached hydrogen (secondary N) is 1. The maximum Gasteiger partial charge on any atom is 0.141 e. The molecule has 1 aliphatic rings. The molecule has 0 amide bonds. The molecule has 0 saturated heterocycles. The number of nitrogens with zero attached hydrogens (tertiary/aromatic N) is 5. The molecule has 2 N–H and O–H groups in total. The van der Waals surface area contributed by atoms with E-state index in [0.29, 0.717) is 6.42 Å². The zero-order valence-corrected chi connectivity index (χ0v) is 12.5. The van der Waals surface area contributed by atoms with Gasteiger partial charge in [0.25, 0.3) is 0 Å². The molecular weight excluding hydrogens is 292 g/mol. The molecule has 116 valence electrons. The Labute approximate surface area is 132 Å². The molecule has 0 radical (unpaired) electrons. The Morgan fingerprint density at radius 2 is 2.30 bits per heavy atom. The minimum absolute atomic E-state index is 0.164. The summed E-state index contributed by atoms with van der Waals surface area (Å²) in [6.07, 6.45) is 9.04. The van der Waals surface area contributed by atoms with Crippen LogP contribution in [-0.4, -0.2) is 36.4 Å². The Hall–Kier alpha value is -2.72. The molecule has 23 heavy (non-hydrogen) atoms. The number of hydrogen-bond donors (Lipinski definition) is 2. The summed E-state index contributed by atoms with van der Waals surface area (Å²) in [5.74, 6) is 0.256. The van der Waals surface area contributed by atoms with Crippen LogP contribution in [0, 0.1) is 17.2 Å². The van der Waals surface area contributed by atoms with E-state index in [1.165, 1.54) is 6.33 Å². The maximum atomic E-state index is 9.28. The van der Waals surface area contributed by atoms with Crippen molar-refractivity contribution in [1.82, 2.24) is 24.7 Å². The molecule has 3 heterocycles. The lowest BCUT2D eigenvalue weighted by Crippen LogP contribution is -2.47. The third-order valence-electron chi connectivity index (χ3n) is 4.70. The van der Waals surface area contributed by atoms with Gasteiger partial charge < -0.3 is 10.1 Å². The maximum absolute atomic E-state index is 9.28. The summed E-state index contributed by atoms with van der Waals surface area (Å²) in [4.78, 5) is 11.6. The van der Waals surface area contributed by atoms with Crippen LogP contribution in [0.2, 0.25) is 0 Å². The molecular formula is C16H16N6O. The van der Waals surface area contributed by atoms with E-state index in [-0.39, 0.29) is 18.1 Å². The van der Waals surface area contributed by atoms with Gasteiger partial charge in [-0.25, -0.2) is 9.97 Å². The van der Waals surface area contributed by atoms with E-state index in [4.69, 9.17) is 5.26 Å². The number of aliphatic hydroxyl groups excluding tert-OH is 1. The van der Waals surface area contributed by atoms with Crippen LogP contribution in [0.25, 0.3) is 22.3 Å². The zero-order chi connectivity index (χ0) is 15.9. The molecule has 1 fully saturated rings. The summed E-state index contributed by atoms with van der Waals surface area (Å²) >= 11 is 0. The normalized spacial score (nSPS) is 23.6. The van der Waals surface area contributed by atoms with Crippen LogP contribution in [0.4, 0.5) is 0 Å². The van der Waals surface area contributed by atoms with Gasteiger partial charge in [-0.2, -0.15) is 10.4 Å². The van der Waals surface area contributed by atoms with Crippen LogP contribution >= 0.6 is 0 Å². The van der Waals surface area contributed by atoms with Crippen molar-refractivity contribution in [3.63, 3.8) is 0 Å². The van der Waals surface area contributed by atoms with Crippen LogP contribution in [-0.2, 0) is 5.54 Å². The quantitative estimate of drug-likeness (QED) is 0.765. The number of fused-ring (bicyclic) bond motifs is 1. The van der Waals surface area contributed by atoms with Gasteiger partial charge in [0.05, 0.1) is 29.9 Å². The molecule has 0 atom stereocenters. The third-order valence-corrected chi connectivity index (χ3v) is 4.70. The predicted molar refractivity (Wildman–Crippen MR) is 83.1 cm³/mol. The van der Waals surface area contributed by atoms with Crippen molar-refractivity contribution in [2.24, 2.45) is 5.92 Å². The van der Waals surface area contributed by atoms with Gasteiger partial charge >= 0.3 is 0 Å². The summed E-state index contributed by atoms with van der Waals surface area (Å²) in [6.45, 7) is 0.164. The van der Waals surface area contributed by atoms with E-state index < -0.39 is 0 Å². The Balaban J connectivity index is 1.72. The molecule has 7 nitrogen and oxygen atoms in total. The molecule has 4 rings (SSSR count). The molecule has 1 aliphatic carbocycles. The number of rotatable bonds is 4. The van der Waals surface area contributed by atoms with Crippen molar-refractivity contribution in [3.05, 3.63) is 31.0 Å². The fourth-order valence-electron chi connectivity index (χ4n) is 3.51. The standard InChI is InChI=1S/C16H16N6O/c17-3-2-16(5-11(6-16)9-23)22-8-12(7-21-22)14-13-1-4-18-15(13)20-10-19-14/h1,4,7-8,10-11,23H,2,5-6,9H2,(H,18,19,20). The highest BCUT2D eigenvalue weighted by molar-refractivity contribution is 5.89. The predicted octanol–water partition coefficient (Wildman–Crippen LogP) is 1.83. The molecule has 0 spiro atoms. The van der Waals surface area contributed by atoms with Crippen molar-refractivity contribution >= 4 is 11.0 Å². The Morgan fingerprint density at radius 3 is 3.09 bits per heavy atom. The molecule has 0 bridgehead atoms. The summed E-state index contributed by atoms with van der Waals surface area (Å²) in [5.41, 5.74) is 2.22.